The first-order chi connectivity index (χ1) is 8.29. The highest BCUT2D eigenvalue weighted by Gasteiger charge is 2.62. The zero-order valence-electron chi connectivity index (χ0n) is 9.99. The third-order valence-corrected chi connectivity index (χ3v) is 3.45. The summed E-state index contributed by atoms with van der Waals surface area (Å²) in [7, 11) is 0. The van der Waals surface area contributed by atoms with Gasteiger partial charge in [-0.2, -0.15) is 13.2 Å². The smallest absolute Gasteiger partial charge is 0.364 e. The van der Waals surface area contributed by atoms with Crippen LogP contribution in [0, 0.1) is 0 Å². The predicted octanol–water partition coefficient (Wildman–Crippen LogP) is 3.32. The molecule has 0 saturated carbocycles. The summed E-state index contributed by atoms with van der Waals surface area (Å²) < 4.78 is 48.1. The lowest BCUT2D eigenvalue weighted by Crippen LogP contribution is -2.09. The third kappa shape index (κ3) is 2.01. The van der Waals surface area contributed by atoms with E-state index < -0.39 is 11.7 Å². The van der Waals surface area contributed by atoms with Crippen LogP contribution in [0.4, 0.5) is 13.2 Å². The predicted molar refractivity (Wildman–Crippen MR) is 58.0 cm³/mol. The van der Waals surface area contributed by atoms with E-state index >= 15 is 0 Å². The Bertz CT molecular complexity index is 464. The molecular formula is C13H13F3O2. The van der Waals surface area contributed by atoms with Crippen molar-refractivity contribution >= 4 is 0 Å². The second-order valence-corrected chi connectivity index (χ2v) is 5.28. The van der Waals surface area contributed by atoms with Crippen LogP contribution in [0.15, 0.2) is 24.3 Å². The van der Waals surface area contributed by atoms with Crippen LogP contribution >= 0.6 is 0 Å². The molecule has 0 aliphatic carbocycles. The Hall–Kier alpha value is -1.07. The molecular weight excluding hydrogens is 245 g/mol. The minimum atomic E-state index is -4.29. The molecule has 98 valence electrons. The Morgan fingerprint density at radius 2 is 1.67 bits per heavy atom. The molecule has 3 unspecified atom stereocenters. The number of rotatable bonds is 2. The van der Waals surface area contributed by atoms with Crippen LogP contribution < -0.4 is 0 Å². The summed E-state index contributed by atoms with van der Waals surface area (Å²) in [5.41, 5.74) is -0.0172. The van der Waals surface area contributed by atoms with Crippen molar-refractivity contribution in [3.05, 3.63) is 35.4 Å². The molecule has 0 amide bonds. The molecule has 2 aliphatic heterocycles. The van der Waals surface area contributed by atoms with Gasteiger partial charge in [0.25, 0.3) is 0 Å². The molecule has 2 fully saturated rings. The fraction of sp³-hybridized carbons (Fsp3) is 0.538. The van der Waals surface area contributed by atoms with Gasteiger partial charge in [-0.15, -0.1) is 0 Å². The molecule has 0 spiro atoms. The van der Waals surface area contributed by atoms with Crippen molar-refractivity contribution in [2.24, 2.45) is 0 Å². The summed E-state index contributed by atoms with van der Waals surface area (Å²) in [6.07, 6.45) is -4.37. The maximum absolute atomic E-state index is 12.4. The van der Waals surface area contributed by atoms with Gasteiger partial charge in [0.05, 0.1) is 11.2 Å². The molecule has 0 N–H and O–H groups in total. The molecule has 1 aromatic rings. The highest BCUT2D eigenvalue weighted by molar-refractivity contribution is 5.30. The number of epoxide rings is 2. The van der Waals surface area contributed by atoms with Gasteiger partial charge in [0.2, 0.25) is 0 Å². The summed E-state index contributed by atoms with van der Waals surface area (Å²) in [6.45, 7) is 3.95. The maximum atomic E-state index is 12.4. The van der Waals surface area contributed by atoms with Crippen molar-refractivity contribution in [3.8, 4) is 0 Å². The number of halogens is 3. The largest absolute Gasteiger partial charge is 0.416 e. The molecule has 2 heterocycles. The Labute approximate surface area is 103 Å². The summed E-state index contributed by atoms with van der Waals surface area (Å²) in [6, 6.07) is 5.13. The average Bonchev–Trinajstić information content (AvgIpc) is 3.13. The van der Waals surface area contributed by atoms with Crippen molar-refractivity contribution in [1.29, 1.82) is 0 Å². The first-order valence-corrected chi connectivity index (χ1v) is 5.79. The zero-order chi connectivity index (χ0) is 13.1. The monoisotopic (exact) mass is 258 g/mol. The van der Waals surface area contributed by atoms with Crippen molar-refractivity contribution in [2.45, 2.75) is 43.9 Å². The van der Waals surface area contributed by atoms with Crippen LogP contribution in [0.5, 0.6) is 0 Å². The van der Waals surface area contributed by atoms with Crippen molar-refractivity contribution in [1.82, 2.24) is 0 Å². The van der Waals surface area contributed by atoms with E-state index in [-0.39, 0.29) is 23.9 Å². The Balaban J connectivity index is 1.69. The SMILES string of the molecule is CC1(C)OC1C1OC1c1ccc(C(F)(F)F)cc1. The molecule has 2 nitrogen and oxygen atoms in total. The van der Waals surface area contributed by atoms with Crippen LogP contribution in [0.2, 0.25) is 0 Å². The number of ether oxygens (including phenoxy) is 2. The van der Waals surface area contributed by atoms with Gasteiger partial charge in [-0.25, -0.2) is 0 Å². The van der Waals surface area contributed by atoms with E-state index in [9.17, 15) is 13.2 Å². The summed E-state index contributed by atoms with van der Waals surface area (Å²) in [5.74, 6) is 0. The van der Waals surface area contributed by atoms with Crippen LogP contribution in [0.25, 0.3) is 0 Å². The lowest BCUT2D eigenvalue weighted by Gasteiger charge is -2.06. The topological polar surface area (TPSA) is 25.1 Å². The number of hydrogen-bond donors (Lipinski definition) is 0. The standard InChI is InChI=1S/C13H13F3O2/c1-12(2)11(18-12)10-9(17-10)7-3-5-8(6-4-7)13(14,15)16/h3-6,9-11H,1-2H3. The van der Waals surface area contributed by atoms with Crippen LogP contribution in [-0.4, -0.2) is 17.8 Å². The minimum absolute atomic E-state index is 0.0169. The number of alkyl halides is 3. The maximum Gasteiger partial charge on any atom is 0.416 e. The molecule has 0 aromatic heterocycles. The van der Waals surface area contributed by atoms with E-state index in [0.29, 0.717) is 0 Å². The minimum Gasteiger partial charge on any atom is -0.364 e. The quantitative estimate of drug-likeness (QED) is 0.760. The van der Waals surface area contributed by atoms with E-state index in [4.69, 9.17) is 9.47 Å². The molecule has 1 aromatic carbocycles. The molecule has 0 bridgehead atoms. The molecule has 2 aliphatic rings. The molecule has 18 heavy (non-hydrogen) atoms. The van der Waals surface area contributed by atoms with Gasteiger partial charge in [0.15, 0.2) is 0 Å². The van der Waals surface area contributed by atoms with Crippen molar-refractivity contribution in [2.75, 3.05) is 0 Å². The lowest BCUT2D eigenvalue weighted by atomic mass is 10.0. The first-order valence-electron chi connectivity index (χ1n) is 5.79. The van der Waals surface area contributed by atoms with Gasteiger partial charge in [0, 0.05) is 0 Å². The van der Waals surface area contributed by atoms with Gasteiger partial charge in [-0.05, 0) is 31.5 Å². The fourth-order valence-electron chi connectivity index (χ4n) is 2.24. The van der Waals surface area contributed by atoms with E-state index in [0.717, 1.165) is 17.7 Å². The Morgan fingerprint density at radius 3 is 2.11 bits per heavy atom. The van der Waals surface area contributed by atoms with E-state index in [2.05, 4.69) is 0 Å². The number of benzene rings is 1. The van der Waals surface area contributed by atoms with Crippen LogP contribution in [0.3, 0.4) is 0 Å². The number of hydrogen-bond acceptors (Lipinski definition) is 2. The molecule has 0 radical (unpaired) electrons. The van der Waals surface area contributed by atoms with E-state index in [1.54, 1.807) is 0 Å². The second-order valence-electron chi connectivity index (χ2n) is 5.28. The lowest BCUT2D eigenvalue weighted by molar-refractivity contribution is -0.137. The normalized spacial score (nSPS) is 33.3. The van der Waals surface area contributed by atoms with Crippen LogP contribution in [-0.2, 0) is 15.7 Å². The highest BCUT2D eigenvalue weighted by Crippen LogP contribution is 2.52. The van der Waals surface area contributed by atoms with Crippen molar-refractivity contribution < 1.29 is 22.6 Å². The summed E-state index contributed by atoms with van der Waals surface area (Å²) in [4.78, 5) is 0. The third-order valence-electron chi connectivity index (χ3n) is 3.45. The average molecular weight is 258 g/mol. The molecule has 2 saturated heterocycles. The van der Waals surface area contributed by atoms with Gasteiger partial charge in [0.1, 0.15) is 18.3 Å². The second kappa shape index (κ2) is 3.48. The van der Waals surface area contributed by atoms with Gasteiger partial charge in [-0.1, -0.05) is 12.1 Å². The Morgan fingerprint density at radius 1 is 1.11 bits per heavy atom. The van der Waals surface area contributed by atoms with Crippen molar-refractivity contribution in [3.63, 3.8) is 0 Å². The highest BCUT2D eigenvalue weighted by atomic mass is 19.4. The summed E-state index contributed by atoms with van der Waals surface area (Å²) in [5, 5.41) is 0. The zero-order valence-corrected chi connectivity index (χ0v) is 9.99. The van der Waals surface area contributed by atoms with Gasteiger partial charge < -0.3 is 9.47 Å². The van der Waals surface area contributed by atoms with Gasteiger partial charge >= 0.3 is 6.18 Å². The first kappa shape index (κ1) is 12.0. The van der Waals surface area contributed by atoms with E-state index in [1.165, 1.54) is 12.1 Å². The molecule has 3 rings (SSSR count). The molecule has 3 atom stereocenters. The molecule has 5 heteroatoms. The Kier molecular flexibility index (Phi) is 2.32. The fourth-order valence-corrected chi connectivity index (χ4v) is 2.24. The van der Waals surface area contributed by atoms with Crippen LogP contribution in [0.1, 0.15) is 31.1 Å². The van der Waals surface area contributed by atoms with Gasteiger partial charge in [-0.3, -0.25) is 0 Å². The van der Waals surface area contributed by atoms with E-state index in [1.807, 2.05) is 13.8 Å². The summed E-state index contributed by atoms with van der Waals surface area (Å²) >= 11 is 0.